The number of carboxylic acids is 1. The van der Waals surface area contributed by atoms with E-state index in [-0.39, 0.29) is 13.0 Å². The largest absolute Gasteiger partial charge is 0.478 e. The van der Waals surface area contributed by atoms with Gasteiger partial charge in [-0.3, -0.25) is 9.59 Å². The number of rotatable bonds is 2. The first-order chi connectivity index (χ1) is 8.41. The molecule has 0 radical (unpaired) electrons. The van der Waals surface area contributed by atoms with Crippen LogP contribution in [-0.2, 0) is 9.59 Å². The number of nitrogens with zero attached hydrogens (tertiary/aromatic N) is 1. The van der Waals surface area contributed by atoms with E-state index < -0.39 is 40.5 Å². The Morgan fingerprint density at radius 3 is 2.39 bits per heavy atom. The van der Waals surface area contributed by atoms with Crippen molar-refractivity contribution in [2.75, 3.05) is 11.4 Å². The lowest BCUT2D eigenvalue weighted by molar-refractivity contribution is -0.121. The summed E-state index contributed by atoms with van der Waals surface area (Å²) in [6.45, 7) is -0.332. The fourth-order valence-electron chi connectivity index (χ4n) is 1.72. The predicted octanol–water partition coefficient (Wildman–Crippen LogP) is 0.969. The van der Waals surface area contributed by atoms with Gasteiger partial charge >= 0.3 is 5.97 Å². The van der Waals surface area contributed by atoms with Gasteiger partial charge in [0.1, 0.15) is 0 Å². The molecular formula is C11H7F2NO4. The van der Waals surface area contributed by atoms with E-state index in [1.165, 1.54) is 0 Å². The highest BCUT2D eigenvalue weighted by Gasteiger charge is 2.32. The van der Waals surface area contributed by atoms with E-state index in [0.29, 0.717) is 0 Å². The molecule has 94 valence electrons. The molecular weight excluding hydrogens is 248 g/mol. The Morgan fingerprint density at radius 1 is 1.22 bits per heavy atom. The van der Waals surface area contributed by atoms with E-state index >= 15 is 0 Å². The van der Waals surface area contributed by atoms with Crippen LogP contribution in [0.25, 0.3) is 0 Å². The highest BCUT2D eigenvalue weighted by Crippen LogP contribution is 2.27. The van der Waals surface area contributed by atoms with E-state index in [1.807, 2.05) is 0 Å². The van der Waals surface area contributed by atoms with Crippen molar-refractivity contribution in [2.45, 2.75) is 6.42 Å². The second-order valence-corrected chi connectivity index (χ2v) is 3.76. The van der Waals surface area contributed by atoms with Gasteiger partial charge in [0, 0.05) is 0 Å². The number of Topliss-reactive ketones (excluding diaryl/α,β-unsaturated/α-hetero) is 1. The molecule has 1 heterocycles. The lowest BCUT2D eigenvalue weighted by Crippen LogP contribution is -2.26. The predicted molar refractivity (Wildman–Crippen MR) is 55.3 cm³/mol. The van der Waals surface area contributed by atoms with Crippen molar-refractivity contribution >= 4 is 23.3 Å². The summed E-state index contributed by atoms with van der Waals surface area (Å²) >= 11 is 0. The molecule has 5 nitrogen and oxygen atoms in total. The summed E-state index contributed by atoms with van der Waals surface area (Å²) in [5.74, 6) is -5.64. The molecule has 1 fully saturated rings. The first-order valence-electron chi connectivity index (χ1n) is 4.95. The second kappa shape index (κ2) is 4.17. The van der Waals surface area contributed by atoms with Crippen molar-refractivity contribution in [3.8, 4) is 0 Å². The lowest BCUT2D eigenvalue weighted by Gasteiger charge is -2.16. The van der Waals surface area contributed by atoms with Gasteiger partial charge in [0.2, 0.25) is 5.91 Å². The maximum absolute atomic E-state index is 13.6. The molecule has 1 aliphatic rings. The highest BCUT2D eigenvalue weighted by molar-refractivity contribution is 6.15. The molecule has 1 aromatic carbocycles. The molecule has 1 aromatic rings. The van der Waals surface area contributed by atoms with Gasteiger partial charge < -0.3 is 10.0 Å². The first kappa shape index (κ1) is 12.2. The van der Waals surface area contributed by atoms with Crippen molar-refractivity contribution in [1.82, 2.24) is 0 Å². The van der Waals surface area contributed by atoms with Crippen LogP contribution in [0, 0.1) is 11.6 Å². The molecule has 1 amide bonds. The monoisotopic (exact) mass is 255 g/mol. The maximum Gasteiger partial charge on any atom is 0.338 e. The topological polar surface area (TPSA) is 74.7 Å². The molecule has 0 aliphatic carbocycles. The summed E-state index contributed by atoms with van der Waals surface area (Å²) in [6.07, 6.45) is -0.359. The van der Waals surface area contributed by atoms with Crippen molar-refractivity contribution in [2.24, 2.45) is 0 Å². The van der Waals surface area contributed by atoms with E-state index in [9.17, 15) is 23.2 Å². The molecule has 1 N–H and O–H groups in total. The fourth-order valence-corrected chi connectivity index (χ4v) is 1.72. The Kier molecular flexibility index (Phi) is 2.82. The van der Waals surface area contributed by atoms with Gasteiger partial charge in [-0.1, -0.05) is 0 Å². The Bertz CT molecular complexity index is 570. The molecule has 0 aromatic heterocycles. The average molecular weight is 255 g/mol. The van der Waals surface area contributed by atoms with Crippen LogP contribution >= 0.6 is 0 Å². The molecule has 0 atom stereocenters. The number of carbonyl (C=O) groups is 3. The minimum atomic E-state index is -1.61. The normalized spacial score (nSPS) is 15.3. The minimum absolute atomic E-state index is 0.332. The third-order valence-electron chi connectivity index (χ3n) is 2.57. The minimum Gasteiger partial charge on any atom is -0.478 e. The third kappa shape index (κ3) is 1.83. The molecule has 7 heteroatoms. The van der Waals surface area contributed by atoms with Gasteiger partial charge in [0.25, 0.3) is 0 Å². The lowest BCUT2D eigenvalue weighted by atomic mass is 10.1. The Balaban J connectivity index is 2.48. The Hall–Kier alpha value is -2.31. The third-order valence-corrected chi connectivity index (χ3v) is 2.57. The Labute approximate surface area is 99.6 Å². The summed E-state index contributed by atoms with van der Waals surface area (Å²) in [7, 11) is 0. The number of anilines is 1. The number of benzene rings is 1. The van der Waals surface area contributed by atoms with Crippen molar-refractivity contribution < 1.29 is 28.3 Å². The number of hydrogen-bond donors (Lipinski definition) is 1. The zero-order chi connectivity index (χ0) is 13.4. The van der Waals surface area contributed by atoms with E-state index in [2.05, 4.69) is 0 Å². The summed E-state index contributed by atoms with van der Waals surface area (Å²) in [5.41, 5.74) is -1.25. The van der Waals surface area contributed by atoms with Crippen LogP contribution in [0.5, 0.6) is 0 Å². The number of hydrogen-bond acceptors (Lipinski definition) is 3. The van der Waals surface area contributed by atoms with Crippen molar-refractivity contribution in [3.63, 3.8) is 0 Å². The average Bonchev–Trinajstić information content (AvgIpc) is 2.61. The van der Waals surface area contributed by atoms with Gasteiger partial charge in [-0.2, -0.15) is 0 Å². The quantitative estimate of drug-likeness (QED) is 0.799. The fraction of sp³-hybridized carbons (Fsp3) is 0.182. The maximum atomic E-state index is 13.6. The van der Waals surface area contributed by atoms with Crippen LogP contribution in [0.4, 0.5) is 14.5 Å². The number of aromatic carboxylic acids is 1. The molecule has 0 bridgehead atoms. The molecule has 1 saturated heterocycles. The van der Waals surface area contributed by atoms with Crippen LogP contribution < -0.4 is 4.90 Å². The van der Waals surface area contributed by atoms with Gasteiger partial charge in [-0.25, -0.2) is 13.6 Å². The molecule has 0 unspecified atom stereocenters. The van der Waals surface area contributed by atoms with E-state index in [4.69, 9.17) is 5.11 Å². The van der Waals surface area contributed by atoms with Gasteiger partial charge in [0.15, 0.2) is 17.4 Å². The SMILES string of the molecule is O=C1CC(=O)N(c2ccc(C(=O)O)c(F)c2F)C1. The number of ketones is 1. The van der Waals surface area contributed by atoms with Crippen LogP contribution in [0.1, 0.15) is 16.8 Å². The van der Waals surface area contributed by atoms with Gasteiger partial charge in [0.05, 0.1) is 24.2 Å². The molecule has 2 rings (SSSR count). The molecule has 18 heavy (non-hydrogen) atoms. The molecule has 1 aliphatic heterocycles. The highest BCUT2D eigenvalue weighted by atomic mass is 19.2. The second-order valence-electron chi connectivity index (χ2n) is 3.76. The van der Waals surface area contributed by atoms with Crippen LogP contribution in [-0.4, -0.2) is 29.3 Å². The number of carbonyl (C=O) groups excluding carboxylic acids is 2. The van der Waals surface area contributed by atoms with Crippen molar-refractivity contribution in [3.05, 3.63) is 29.3 Å². The standard InChI is InChI=1S/C11H7F2NO4/c12-9-6(11(17)18)1-2-7(10(9)13)14-4-5(15)3-8(14)16/h1-2H,3-4H2,(H,17,18). The van der Waals surface area contributed by atoms with Gasteiger partial charge in [-0.15, -0.1) is 0 Å². The zero-order valence-electron chi connectivity index (χ0n) is 8.94. The smallest absolute Gasteiger partial charge is 0.338 e. The van der Waals surface area contributed by atoms with Crippen molar-refractivity contribution in [1.29, 1.82) is 0 Å². The number of halogens is 2. The molecule has 0 spiro atoms. The zero-order valence-corrected chi connectivity index (χ0v) is 8.94. The van der Waals surface area contributed by atoms with Gasteiger partial charge in [-0.05, 0) is 12.1 Å². The van der Waals surface area contributed by atoms with E-state index in [1.54, 1.807) is 0 Å². The summed E-state index contributed by atoms with van der Waals surface area (Å²) in [6, 6.07) is 1.82. The summed E-state index contributed by atoms with van der Waals surface area (Å²) < 4.78 is 27.0. The molecule has 0 saturated carbocycles. The van der Waals surface area contributed by atoms with Crippen LogP contribution in [0.3, 0.4) is 0 Å². The summed E-state index contributed by atoms with van der Waals surface area (Å²) in [4.78, 5) is 33.8. The first-order valence-corrected chi connectivity index (χ1v) is 4.95. The number of amides is 1. The van der Waals surface area contributed by atoms with Crippen LogP contribution in [0.2, 0.25) is 0 Å². The summed E-state index contributed by atoms with van der Waals surface area (Å²) in [5, 5.41) is 8.60. The number of carboxylic acid groups (broad SMARTS) is 1. The van der Waals surface area contributed by atoms with E-state index in [0.717, 1.165) is 17.0 Å². The van der Waals surface area contributed by atoms with Crippen LogP contribution in [0.15, 0.2) is 12.1 Å². The Morgan fingerprint density at radius 2 is 1.89 bits per heavy atom.